The molecule has 0 saturated carbocycles. The number of hydrogen-bond acceptors (Lipinski definition) is 4. The lowest BCUT2D eigenvalue weighted by molar-refractivity contribution is -0.0328. The summed E-state index contributed by atoms with van der Waals surface area (Å²) < 4.78 is 39.8. The second kappa shape index (κ2) is 7.73. The summed E-state index contributed by atoms with van der Waals surface area (Å²) in [6.07, 6.45) is 2.86. The number of aromatic hydroxyl groups is 1. The van der Waals surface area contributed by atoms with Gasteiger partial charge in [-0.05, 0) is 53.7 Å². The van der Waals surface area contributed by atoms with E-state index < -0.39 is 11.2 Å². The van der Waals surface area contributed by atoms with Gasteiger partial charge in [0.1, 0.15) is 0 Å². The number of benzene rings is 2. The van der Waals surface area contributed by atoms with Crippen LogP contribution in [0.15, 0.2) is 70.6 Å². The molecule has 4 aromatic rings. The maximum absolute atomic E-state index is 12.9. The number of fused-ring (bicyclic) bond motifs is 1. The zero-order valence-electron chi connectivity index (χ0n) is 15.1. The molecular weight excluding hydrogens is 439 g/mol. The Bertz CT molecular complexity index is 1280. The van der Waals surface area contributed by atoms with Crippen LogP contribution in [0, 0.1) is 0 Å². The summed E-state index contributed by atoms with van der Waals surface area (Å²) in [6, 6.07) is 12.3. The van der Waals surface area contributed by atoms with Crippen LogP contribution in [0.3, 0.4) is 0 Å². The third-order valence-electron chi connectivity index (χ3n) is 4.42. The van der Waals surface area contributed by atoms with Gasteiger partial charge in [0.2, 0.25) is 5.88 Å². The molecule has 0 aliphatic carbocycles. The third kappa shape index (κ3) is 4.03. The van der Waals surface area contributed by atoms with Gasteiger partial charge < -0.3 is 5.11 Å². The maximum Gasteiger partial charge on any atom is 0.446 e. The highest BCUT2D eigenvalue weighted by Gasteiger charge is 2.29. The molecule has 0 radical (unpaired) electrons. The minimum absolute atomic E-state index is 0.0154. The van der Waals surface area contributed by atoms with E-state index in [-0.39, 0.29) is 34.8 Å². The fraction of sp³-hybridized carbons (Fsp3) is 0.100. The minimum Gasteiger partial charge on any atom is -0.493 e. The largest absolute Gasteiger partial charge is 0.493 e. The molecule has 2 aromatic carbocycles. The number of pyridine rings is 1. The number of nitrogens with zero attached hydrogens (tertiary/aromatic N) is 3. The number of rotatable bonds is 4. The van der Waals surface area contributed by atoms with Crippen LogP contribution in [0.4, 0.5) is 13.2 Å². The first-order valence-electron chi connectivity index (χ1n) is 8.62. The number of thioether (sulfide) groups is 1. The Morgan fingerprint density at radius 3 is 2.53 bits per heavy atom. The monoisotopic (exact) mass is 451 g/mol. The molecule has 154 valence electrons. The average Bonchev–Trinajstić information content (AvgIpc) is 2.95. The fourth-order valence-corrected chi connectivity index (χ4v) is 3.91. The van der Waals surface area contributed by atoms with Crippen molar-refractivity contribution in [2.75, 3.05) is 0 Å². The summed E-state index contributed by atoms with van der Waals surface area (Å²) in [6.45, 7) is 0.154. The van der Waals surface area contributed by atoms with Crippen LogP contribution in [0.1, 0.15) is 5.56 Å². The number of imidazole rings is 1. The average molecular weight is 452 g/mol. The van der Waals surface area contributed by atoms with Crippen LogP contribution < -0.4 is 5.69 Å². The summed E-state index contributed by atoms with van der Waals surface area (Å²) in [5, 5.41) is 11.5. The van der Waals surface area contributed by atoms with E-state index in [4.69, 9.17) is 11.6 Å². The van der Waals surface area contributed by atoms with Crippen LogP contribution >= 0.6 is 23.4 Å². The molecule has 0 bridgehead atoms. The van der Waals surface area contributed by atoms with E-state index in [0.29, 0.717) is 10.5 Å². The molecule has 30 heavy (non-hydrogen) atoms. The Morgan fingerprint density at radius 2 is 1.83 bits per heavy atom. The van der Waals surface area contributed by atoms with E-state index in [2.05, 4.69) is 4.98 Å². The molecule has 1 N–H and O–H groups in total. The summed E-state index contributed by atoms with van der Waals surface area (Å²) in [5.74, 6) is -0.326. The van der Waals surface area contributed by atoms with E-state index in [1.54, 1.807) is 24.4 Å². The highest BCUT2D eigenvalue weighted by molar-refractivity contribution is 8.00. The van der Waals surface area contributed by atoms with Gasteiger partial charge in [0, 0.05) is 16.5 Å². The Kier molecular flexibility index (Phi) is 5.25. The first-order chi connectivity index (χ1) is 14.2. The standard InChI is InChI=1S/C20H13ClF3N3O2S/c21-16-3-1-2-15-12(8-9-25-18(15)16)10-26-11-17(28)27(19(26)29)13-4-6-14(7-5-13)30-20(22,23)24/h1-9,11,28H,10H2. The Labute approximate surface area is 177 Å². The van der Waals surface area contributed by atoms with Crippen LogP contribution in [0.25, 0.3) is 16.6 Å². The zero-order valence-corrected chi connectivity index (χ0v) is 16.7. The quantitative estimate of drug-likeness (QED) is 0.433. The van der Waals surface area contributed by atoms with Gasteiger partial charge in [-0.3, -0.25) is 9.55 Å². The topological polar surface area (TPSA) is 60.1 Å². The van der Waals surface area contributed by atoms with Gasteiger partial charge in [-0.1, -0.05) is 23.7 Å². The van der Waals surface area contributed by atoms with Crippen molar-refractivity contribution in [1.29, 1.82) is 0 Å². The number of halogens is 4. The number of alkyl halides is 3. The molecule has 4 rings (SSSR count). The van der Waals surface area contributed by atoms with Gasteiger partial charge in [0.25, 0.3) is 0 Å². The van der Waals surface area contributed by atoms with Crippen molar-refractivity contribution in [1.82, 2.24) is 14.1 Å². The van der Waals surface area contributed by atoms with Crippen LogP contribution in [0.2, 0.25) is 5.02 Å². The predicted octanol–water partition coefficient (Wildman–Crippen LogP) is 5.21. The third-order valence-corrected chi connectivity index (χ3v) is 5.46. The van der Waals surface area contributed by atoms with Gasteiger partial charge in [-0.25, -0.2) is 9.36 Å². The van der Waals surface area contributed by atoms with E-state index in [0.717, 1.165) is 15.5 Å². The molecule has 0 atom stereocenters. The molecule has 0 amide bonds. The van der Waals surface area contributed by atoms with Crippen molar-refractivity contribution < 1.29 is 18.3 Å². The van der Waals surface area contributed by atoms with Crippen LogP contribution in [0.5, 0.6) is 5.88 Å². The van der Waals surface area contributed by atoms with Crippen molar-refractivity contribution >= 4 is 34.3 Å². The molecule has 0 aliphatic rings. The summed E-state index contributed by atoms with van der Waals surface area (Å²) in [5.41, 5.74) is -3.30. The molecular formula is C20H13ClF3N3O2S. The van der Waals surface area contributed by atoms with Crippen molar-refractivity contribution in [3.8, 4) is 11.6 Å². The molecule has 0 aliphatic heterocycles. The number of hydrogen-bond donors (Lipinski definition) is 1. The number of aromatic nitrogens is 3. The molecule has 2 heterocycles. The first-order valence-corrected chi connectivity index (χ1v) is 9.82. The lowest BCUT2D eigenvalue weighted by Gasteiger charge is -2.08. The highest BCUT2D eigenvalue weighted by Crippen LogP contribution is 2.37. The number of para-hydroxylation sites is 1. The molecule has 0 saturated heterocycles. The minimum atomic E-state index is -4.40. The van der Waals surface area contributed by atoms with E-state index in [1.165, 1.54) is 35.0 Å². The molecule has 0 unspecified atom stereocenters. The second-order valence-corrected chi connectivity index (χ2v) is 7.93. The zero-order chi connectivity index (χ0) is 21.5. The van der Waals surface area contributed by atoms with Crippen LogP contribution in [-0.2, 0) is 6.54 Å². The highest BCUT2D eigenvalue weighted by atomic mass is 35.5. The maximum atomic E-state index is 12.9. The van der Waals surface area contributed by atoms with Gasteiger partial charge in [0.05, 0.1) is 29.0 Å². The van der Waals surface area contributed by atoms with E-state index in [1.807, 2.05) is 6.07 Å². The predicted molar refractivity (Wildman–Crippen MR) is 109 cm³/mol. The molecule has 5 nitrogen and oxygen atoms in total. The Hall–Kier alpha value is -2.91. The summed E-state index contributed by atoms with van der Waals surface area (Å²) >= 11 is 5.93. The lowest BCUT2D eigenvalue weighted by atomic mass is 10.1. The van der Waals surface area contributed by atoms with Crippen molar-refractivity contribution in [2.45, 2.75) is 16.9 Å². The Morgan fingerprint density at radius 1 is 1.10 bits per heavy atom. The van der Waals surface area contributed by atoms with Gasteiger partial charge in [0.15, 0.2) is 0 Å². The molecule has 0 spiro atoms. The molecule has 10 heteroatoms. The lowest BCUT2D eigenvalue weighted by Crippen LogP contribution is -2.23. The van der Waals surface area contributed by atoms with Gasteiger partial charge in [-0.2, -0.15) is 13.2 Å². The van der Waals surface area contributed by atoms with Gasteiger partial charge >= 0.3 is 11.2 Å². The van der Waals surface area contributed by atoms with Gasteiger partial charge in [-0.15, -0.1) is 0 Å². The summed E-state index contributed by atoms with van der Waals surface area (Å²) in [7, 11) is 0. The normalized spacial score (nSPS) is 11.9. The molecule has 0 fully saturated rings. The Balaban J connectivity index is 1.69. The smallest absolute Gasteiger partial charge is 0.446 e. The second-order valence-electron chi connectivity index (χ2n) is 6.38. The van der Waals surface area contributed by atoms with Crippen molar-refractivity contribution in [3.05, 3.63) is 82.0 Å². The SMILES string of the molecule is O=c1n(Cc2ccnc3c(Cl)cccc23)cc(O)n1-c1ccc(SC(F)(F)F)cc1. The first kappa shape index (κ1) is 20.4. The summed E-state index contributed by atoms with van der Waals surface area (Å²) in [4.78, 5) is 17.1. The van der Waals surface area contributed by atoms with E-state index in [9.17, 15) is 23.1 Å². The molecule has 2 aromatic heterocycles. The fourth-order valence-electron chi connectivity index (χ4n) is 3.15. The van der Waals surface area contributed by atoms with E-state index >= 15 is 0 Å². The van der Waals surface area contributed by atoms with Crippen LogP contribution in [-0.4, -0.2) is 24.7 Å². The van der Waals surface area contributed by atoms with Crippen molar-refractivity contribution in [3.63, 3.8) is 0 Å². The van der Waals surface area contributed by atoms with Crippen molar-refractivity contribution in [2.24, 2.45) is 0 Å².